The van der Waals surface area contributed by atoms with E-state index >= 15 is 0 Å². The summed E-state index contributed by atoms with van der Waals surface area (Å²) in [6, 6.07) is 9.76. The predicted octanol–water partition coefficient (Wildman–Crippen LogP) is 3.41. The minimum atomic E-state index is -0.678. The fourth-order valence-corrected chi connectivity index (χ4v) is 1.94. The van der Waals surface area contributed by atoms with Crippen molar-refractivity contribution >= 4 is 17.9 Å². The molecule has 0 amide bonds. The van der Waals surface area contributed by atoms with Gasteiger partial charge in [0.15, 0.2) is 6.29 Å². The molecule has 2 aromatic carbocycles. The van der Waals surface area contributed by atoms with Gasteiger partial charge in [0.1, 0.15) is 11.5 Å². The van der Waals surface area contributed by atoms with Gasteiger partial charge in [0.05, 0.1) is 22.2 Å². The Kier molecular flexibility index (Phi) is 5.26. The minimum absolute atomic E-state index is 0.0121. The van der Waals surface area contributed by atoms with Gasteiger partial charge in [-0.15, -0.1) is 0 Å². The fraction of sp³-hybridized carbons (Fsp3) is 0.176. The van der Waals surface area contributed by atoms with Crippen molar-refractivity contribution in [2.45, 2.75) is 20.0 Å². The lowest BCUT2D eigenvalue weighted by atomic mass is 10.2. The van der Waals surface area contributed by atoms with Gasteiger partial charge in [0, 0.05) is 12.1 Å². The van der Waals surface area contributed by atoms with E-state index in [1.54, 1.807) is 12.1 Å². The number of esters is 1. The number of carbonyl (C=O) groups excluding carboxylic acids is 2. The van der Waals surface area contributed by atoms with Crippen LogP contribution >= 0.6 is 0 Å². The Bertz CT molecular complexity index is 767. The fourth-order valence-electron chi connectivity index (χ4n) is 1.94. The highest BCUT2D eigenvalue weighted by Crippen LogP contribution is 2.24. The van der Waals surface area contributed by atoms with Crippen molar-refractivity contribution < 1.29 is 24.0 Å². The predicted molar refractivity (Wildman–Crippen MR) is 85.6 cm³/mol. The molecular weight excluding hydrogens is 314 g/mol. The summed E-state index contributed by atoms with van der Waals surface area (Å²) < 4.78 is 10.6. The van der Waals surface area contributed by atoms with Crippen molar-refractivity contribution in [2.75, 3.05) is 0 Å². The number of carbonyl (C=O) groups is 2. The van der Waals surface area contributed by atoms with Gasteiger partial charge in [0.25, 0.3) is 5.69 Å². The molecule has 0 bridgehead atoms. The summed E-state index contributed by atoms with van der Waals surface area (Å²) in [6.07, 6.45) is 0.410. The zero-order valence-corrected chi connectivity index (χ0v) is 13.1. The number of nitro benzene ring substituents is 1. The van der Waals surface area contributed by atoms with Gasteiger partial charge in [-0.05, 0) is 44.2 Å². The average molecular weight is 329 g/mol. The summed E-state index contributed by atoms with van der Waals surface area (Å²) in [4.78, 5) is 33.2. The van der Waals surface area contributed by atoms with Gasteiger partial charge >= 0.3 is 5.97 Å². The molecule has 2 rings (SSSR count). The van der Waals surface area contributed by atoms with Crippen molar-refractivity contribution in [3.63, 3.8) is 0 Å². The van der Waals surface area contributed by atoms with E-state index in [2.05, 4.69) is 0 Å². The van der Waals surface area contributed by atoms with E-state index in [-0.39, 0.29) is 28.7 Å². The highest BCUT2D eigenvalue weighted by Gasteiger charge is 2.15. The molecule has 0 heterocycles. The highest BCUT2D eigenvalue weighted by molar-refractivity contribution is 5.92. The topological polar surface area (TPSA) is 95.7 Å². The molecule has 124 valence electrons. The third kappa shape index (κ3) is 4.16. The van der Waals surface area contributed by atoms with Crippen molar-refractivity contribution in [1.82, 2.24) is 0 Å². The second kappa shape index (κ2) is 7.36. The lowest BCUT2D eigenvalue weighted by molar-refractivity contribution is -0.384. The molecule has 0 aliphatic carbocycles. The molecule has 0 atom stereocenters. The molecule has 0 saturated heterocycles. The van der Waals surface area contributed by atoms with Gasteiger partial charge in [-0.3, -0.25) is 14.9 Å². The number of aldehydes is 1. The molecule has 7 heteroatoms. The number of ether oxygens (including phenoxy) is 2. The molecule has 0 unspecified atom stereocenters. The van der Waals surface area contributed by atoms with E-state index in [1.807, 2.05) is 13.8 Å². The van der Waals surface area contributed by atoms with Crippen LogP contribution in [0.1, 0.15) is 34.6 Å². The monoisotopic (exact) mass is 329 g/mol. The van der Waals surface area contributed by atoms with Crippen molar-refractivity contribution in [1.29, 1.82) is 0 Å². The first-order chi connectivity index (χ1) is 11.4. The number of hydrogen-bond acceptors (Lipinski definition) is 6. The van der Waals surface area contributed by atoms with Gasteiger partial charge in [-0.2, -0.15) is 0 Å². The van der Waals surface area contributed by atoms with Crippen molar-refractivity contribution in [3.8, 4) is 11.5 Å². The maximum atomic E-state index is 12.1. The average Bonchev–Trinajstić information content (AvgIpc) is 2.55. The third-order valence-corrected chi connectivity index (χ3v) is 3.00. The standard InChI is InChI=1S/C17H15NO6/c1-11(2)23-15-6-3-12(4-7-15)17(20)24-16-8-5-14(18(21)22)9-13(16)10-19/h3-11H,1-2H3. The first kappa shape index (κ1) is 17.1. The van der Waals surface area contributed by atoms with Crippen LogP contribution in [0.2, 0.25) is 0 Å². The minimum Gasteiger partial charge on any atom is -0.491 e. The van der Waals surface area contributed by atoms with Gasteiger partial charge in [0.2, 0.25) is 0 Å². The Hall–Kier alpha value is -3.22. The first-order valence-corrected chi connectivity index (χ1v) is 7.13. The van der Waals surface area contributed by atoms with Crippen molar-refractivity contribution in [3.05, 3.63) is 63.7 Å². The maximum absolute atomic E-state index is 12.1. The molecule has 0 spiro atoms. The second-order valence-electron chi connectivity index (χ2n) is 5.18. The van der Waals surface area contributed by atoms with Gasteiger partial charge < -0.3 is 9.47 Å². The number of nitro groups is 1. The number of rotatable bonds is 6. The van der Waals surface area contributed by atoms with Crippen LogP contribution in [-0.4, -0.2) is 23.3 Å². The highest BCUT2D eigenvalue weighted by atomic mass is 16.6. The Labute approximate surface area is 138 Å². The van der Waals surface area contributed by atoms with Gasteiger partial charge in [-0.1, -0.05) is 0 Å². The molecule has 7 nitrogen and oxygen atoms in total. The van der Waals surface area contributed by atoms with Crippen LogP contribution in [0.15, 0.2) is 42.5 Å². The number of nitrogens with zero attached hydrogens (tertiary/aromatic N) is 1. The van der Waals surface area contributed by atoms with Crippen LogP contribution in [0, 0.1) is 10.1 Å². The molecule has 0 aliphatic rings. The van der Waals surface area contributed by atoms with Crippen LogP contribution in [0.4, 0.5) is 5.69 Å². The second-order valence-corrected chi connectivity index (χ2v) is 5.18. The quantitative estimate of drug-likeness (QED) is 0.265. The number of hydrogen-bond donors (Lipinski definition) is 0. The molecule has 0 radical (unpaired) electrons. The summed E-state index contributed by atoms with van der Waals surface area (Å²) in [5.74, 6) is -0.100. The van der Waals surface area contributed by atoms with Crippen LogP contribution in [0.25, 0.3) is 0 Å². The Morgan fingerprint density at radius 3 is 2.38 bits per heavy atom. The number of non-ortho nitro benzene ring substituents is 1. The van der Waals surface area contributed by atoms with Crippen LogP contribution in [0.3, 0.4) is 0 Å². The summed E-state index contributed by atoms with van der Waals surface area (Å²) in [5, 5.41) is 10.7. The summed E-state index contributed by atoms with van der Waals surface area (Å²) >= 11 is 0. The van der Waals surface area contributed by atoms with Crippen LogP contribution in [-0.2, 0) is 0 Å². The SMILES string of the molecule is CC(C)Oc1ccc(C(=O)Oc2ccc([N+](=O)[O-])cc2C=O)cc1. The normalized spacial score (nSPS) is 10.3. The first-order valence-electron chi connectivity index (χ1n) is 7.13. The lowest BCUT2D eigenvalue weighted by Crippen LogP contribution is -2.10. The smallest absolute Gasteiger partial charge is 0.343 e. The Morgan fingerprint density at radius 1 is 1.17 bits per heavy atom. The Morgan fingerprint density at radius 2 is 1.83 bits per heavy atom. The van der Waals surface area contributed by atoms with Gasteiger partial charge in [-0.25, -0.2) is 4.79 Å². The molecule has 0 aliphatic heterocycles. The van der Waals surface area contributed by atoms with E-state index in [4.69, 9.17) is 9.47 Å². The third-order valence-electron chi connectivity index (χ3n) is 3.00. The summed E-state index contributed by atoms with van der Waals surface area (Å²) in [5.41, 5.74) is -0.0642. The Balaban J connectivity index is 2.17. The zero-order chi connectivity index (χ0) is 17.7. The molecule has 0 saturated carbocycles. The lowest BCUT2D eigenvalue weighted by Gasteiger charge is -2.10. The molecule has 0 N–H and O–H groups in total. The molecular formula is C17H15NO6. The van der Waals surface area contributed by atoms with Crippen LogP contribution < -0.4 is 9.47 Å². The molecule has 2 aromatic rings. The zero-order valence-electron chi connectivity index (χ0n) is 13.1. The van der Waals surface area contributed by atoms with E-state index in [0.717, 1.165) is 12.1 Å². The van der Waals surface area contributed by atoms with Crippen LogP contribution in [0.5, 0.6) is 11.5 Å². The number of benzene rings is 2. The van der Waals surface area contributed by atoms with E-state index in [1.165, 1.54) is 18.2 Å². The molecule has 0 aromatic heterocycles. The van der Waals surface area contributed by atoms with E-state index in [9.17, 15) is 19.7 Å². The summed E-state index contributed by atoms with van der Waals surface area (Å²) in [7, 11) is 0. The largest absolute Gasteiger partial charge is 0.491 e. The summed E-state index contributed by atoms with van der Waals surface area (Å²) in [6.45, 7) is 3.77. The van der Waals surface area contributed by atoms with E-state index < -0.39 is 10.9 Å². The maximum Gasteiger partial charge on any atom is 0.343 e. The van der Waals surface area contributed by atoms with E-state index in [0.29, 0.717) is 12.0 Å². The molecule has 24 heavy (non-hydrogen) atoms. The molecule has 0 fully saturated rings. The van der Waals surface area contributed by atoms with Crippen molar-refractivity contribution in [2.24, 2.45) is 0 Å².